The van der Waals surface area contributed by atoms with Crippen molar-refractivity contribution >= 4 is 5.82 Å². The van der Waals surface area contributed by atoms with E-state index in [9.17, 15) is 9.50 Å². The van der Waals surface area contributed by atoms with Crippen LogP contribution in [0.15, 0.2) is 18.2 Å². The van der Waals surface area contributed by atoms with Gasteiger partial charge < -0.3 is 15.3 Å². The van der Waals surface area contributed by atoms with Crippen LogP contribution in [0.1, 0.15) is 36.8 Å². The van der Waals surface area contributed by atoms with Crippen LogP contribution in [0.3, 0.4) is 0 Å². The molecule has 1 aliphatic heterocycles. The molecule has 1 aliphatic carbocycles. The fourth-order valence-corrected chi connectivity index (χ4v) is 4.16. The first kappa shape index (κ1) is 17.2. The average Bonchev–Trinajstić information content (AvgIpc) is 2.63. The first-order chi connectivity index (χ1) is 12.6. The molecule has 4 rings (SSSR count). The molecular weight excluding hydrogens is 331 g/mol. The van der Waals surface area contributed by atoms with Crippen LogP contribution in [0.4, 0.5) is 10.2 Å². The summed E-state index contributed by atoms with van der Waals surface area (Å²) in [7, 11) is 2.15. The Kier molecular flexibility index (Phi) is 4.76. The Labute approximate surface area is 153 Å². The maximum absolute atomic E-state index is 13.3. The lowest BCUT2D eigenvalue weighted by Crippen LogP contribution is -2.40. The number of rotatable bonds is 3. The van der Waals surface area contributed by atoms with Gasteiger partial charge in [-0.3, -0.25) is 0 Å². The van der Waals surface area contributed by atoms with Crippen LogP contribution in [-0.2, 0) is 12.8 Å². The summed E-state index contributed by atoms with van der Waals surface area (Å²) in [6, 6.07) is 4.47. The minimum absolute atomic E-state index is 0.0818. The molecular formula is C20H25FN4O. The normalized spacial score (nSPS) is 20.6. The average molecular weight is 356 g/mol. The molecule has 2 N–H and O–H groups in total. The predicted molar refractivity (Wildman–Crippen MR) is 99.9 cm³/mol. The number of likely N-dealkylation sites (N-methyl/N-ethyl adjacent to an activating group) is 1. The molecule has 0 bridgehead atoms. The molecule has 2 heterocycles. The minimum atomic E-state index is -0.451. The van der Waals surface area contributed by atoms with Crippen molar-refractivity contribution in [2.45, 2.75) is 44.6 Å². The number of piperidine rings is 1. The van der Waals surface area contributed by atoms with Gasteiger partial charge in [-0.25, -0.2) is 4.39 Å². The molecule has 2 aliphatic rings. The first-order valence-electron chi connectivity index (χ1n) is 9.44. The monoisotopic (exact) mass is 356 g/mol. The van der Waals surface area contributed by atoms with Crippen molar-refractivity contribution in [3.63, 3.8) is 0 Å². The molecule has 0 spiro atoms. The van der Waals surface area contributed by atoms with Crippen LogP contribution < -0.4 is 5.32 Å². The Balaban J connectivity index is 1.70. The SMILES string of the molecule is CN1CCCC(Nc2nnc(-c3ccc(F)cc3O)c3c2CCCC3)C1. The van der Waals surface area contributed by atoms with Gasteiger partial charge in [0.1, 0.15) is 17.3 Å². The summed E-state index contributed by atoms with van der Waals surface area (Å²) in [5.74, 6) is 0.347. The highest BCUT2D eigenvalue weighted by molar-refractivity contribution is 5.72. The third-order valence-electron chi connectivity index (χ3n) is 5.47. The summed E-state index contributed by atoms with van der Waals surface area (Å²) in [5, 5.41) is 22.7. The van der Waals surface area contributed by atoms with Crippen molar-refractivity contribution < 1.29 is 9.50 Å². The number of hydrogen-bond acceptors (Lipinski definition) is 5. The standard InChI is InChI=1S/C20H25FN4O/c1-25-10-4-5-14(12-25)22-20-16-7-3-2-6-15(16)19(23-24-20)17-9-8-13(21)11-18(17)26/h8-9,11,14,26H,2-7,10,12H2,1H3,(H,22,24). The van der Waals surface area contributed by atoms with Gasteiger partial charge in [-0.1, -0.05) is 0 Å². The van der Waals surface area contributed by atoms with E-state index in [1.54, 1.807) is 6.07 Å². The fraction of sp³-hybridized carbons (Fsp3) is 0.500. The van der Waals surface area contributed by atoms with Crippen molar-refractivity contribution in [3.05, 3.63) is 35.1 Å². The van der Waals surface area contributed by atoms with Crippen LogP contribution >= 0.6 is 0 Å². The van der Waals surface area contributed by atoms with Crippen LogP contribution in [0.5, 0.6) is 5.75 Å². The molecule has 1 aromatic carbocycles. The number of likely N-dealkylation sites (tertiary alicyclic amines) is 1. The van der Waals surface area contributed by atoms with E-state index in [1.807, 2.05) is 0 Å². The molecule has 0 radical (unpaired) electrons. The molecule has 138 valence electrons. The zero-order valence-electron chi connectivity index (χ0n) is 15.1. The van der Waals surface area contributed by atoms with E-state index in [1.165, 1.54) is 18.1 Å². The smallest absolute Gasteiger partial charge is 0.152 e. The molecule has 5 nitrogen and oxygen atoms in total. The topological polar surface area (TPSA) is 61.3 Å². The molecule has 6 heteroatoms. The lowest BCUT2D eigenvalue weighted by molar-refractivity contribution is 0.260. The predicted octanol–water partition coefficient (Wildman–Crippen LogP) is 3.37. The number of halogens is 1. The van der Waals surface area contributed by atoms with E-state index in [0.29, 0.717) is 17.3 Å². The maximum atomic E-state index is 13.3. The van der Waals surface area contributed by atoms with Gasteiger partial charge in [0.2, 0.25) is 0 Å². The number of hydrogen-bond donors (Lipinski definition) is 2. The minimum Gasteiger partial charge on any atom is -0.507 e. The number of anilines is 1. The van der Waals surface area contributed by atoms with Gasteiger partial charge in [-0.15, -0.1) is 10.2 Å². The number of nitrogens with zero attached hydrogens (tertiary/aromatic N) is 3. The summed E-state index contributed by atoms with van der Waals surface area (Å²) in [4.78, 5) is 2.34. The summed E-state index contributed by atoms with van der Waals surface area (Å²) < 4.78 is 13.3. The molecule has 1 atom stereocenters. The zero-order valence-corrected chi connectivity index (χ0v) is 15.1. The van der Waals surface area contributed by atoms with E-state index in [2.05, 4.69) is 27.5 Å². The molecule has 2 aromatic rings. The largest absolute Gasteiger partial charge is 0.507 e. The molecule has 1 fully saturated rings. The van der Waals surface area contributed by atoms with Gasteiger partial charge in [0.25, 0.3) is 0 Å². The van der Waals surface area contributed by atoms with E-state index < -0.39 is 5.82 Å². The van der Waals surface area contributed by atoms with Crippen molar-refractivity contribution in [3.8, 4) is 17.0 Å². The molecule has 0 amide bonds. The number of phenolic OH excluding ortho intramolecular Hbond substituents is 1. The molecule has 1 saturated heterocycles. The third kappa shape index (κ3) is 3.38. The zero-order chi connectivity index (χ0) is 18.1. The highest BCUT2D eigenvalue weighted by atomic mass is 19.1. The molecule has 1 aromatic heterocycles. The summed E-state index contributed by atoms with van der Waals surface area (Å²) in [5.41, 5.74) is 3.59. The first-order valence-corrected chi connectivity index (χ1v) is 9.44. The number of nitrogens with one attached hydrogen (secondary N) is 1. The van der Waals surface area contributed by atoms with Gasteiger partial charge in [0.15, 0.2) is 5.82 Å². The van der Waals surface area contributed by atoms with Gasteiger partial charge in [-0.2, -0.15) is 0 Å². The van der Waals surface area contributed by atoms with Gasteiger partial charge >= 0.3 is 0 Å². The van der Waals surface area contributed by atoms with Crippen LogP contribution in [0, 0.1) is 5.82 Å². The highest BCUT2D eigenvalue weighted by Gasteiger charge is 2.24. The Bertz CT molecular complexity index is 811. The third-order valence-corrected chi connectivity index (χ3v) is 5.47. The number of aromatic nitrogens is 2. The number of aromatic hydroxyl groups is 1. The fourth-order valence-electron chi connectivity index (χ4n) is 4.16. The highest BCUT2D eigenvalue weighted by Crippen LogP contribution is 2.37. The second-order valence-electron chi connectivity index (χ2n) is 7.47. The number of phenols is 1. The van der Waals surface area contributed by atoms with E-state index in [0.717, 1.165) is 62.6 Å². The van der Waals surface area contributed by atoms with Crippen LogP contribution in [0.25, 0.3) is 11.3 Å². The Morgan fingerprint density at radius 1 is 1.15 bits per heavy atom. The van der Waals surface area contributed by atoms with Crippen molar-refractivity contribution in [1.29, 1.82) is 0 Å². The Morgan fingerprint density at radius 2 is 1.96 bits per heavy atom. The van der Waals surface area contributed by atoms with Gasteiger partial charge in [0, 0.05) is 29.8 Å². The van der Waals surface area contributed by atoms with Gasteiger partial charge in [0.05, 0.1) is 0 Å². The van der Waals surface area contributed by atoms with Crippen LogP contribution in [0.2, 0.25) is 0 Å². The van der Waals surface area contributed by atoms with E-state index in [-0.39, 0.29) is 5.75 Å². The number of fused-ring (bicyclic) bond motifs is 1. The van der Waals surface area contributed by atoms with Crippen molar-refractivity contribution in [1.82, 2.24) is 15.1 Å². The number of benzene rings is 1. The van der Waals surface area contributed by atoms with Crippen molar-refractivity contribution in [2.75, 3.05) is 25.5 Å². The van der Waals surface area contributed by atoms with Crippen LogP contribution in [-0.4, -0.2) is 46.4 Å². The molecule has 1 unspecified atom stereocenters. The Hall–Kier alpha value is -2.21. The van der Waals surface area contributed by atoms with E-state index >= 15 is 0 Å². The van der Waals surface area contributed by atoms with Crippen molar-refractivity contribution in [2.24, 2.45) is 0 Å². The second-order valence-corrected chi connectivity index (χ2v) is 7.47. The summed E-state index contributed by atoms with van der Waals surface area (Å²) >= 11 is 0. The second kappa shape index (κ2) is 7.19. The molecule has 26 heavy (non-hydrogen) atoms. The summed E-state index contributed by atoms with van der Waals surface area (Å²) in [6.07, 6.45) is 6.43. The van der Waals surface area contributed by atoms with Gasteiger partial charge in [-0.05, 0) is 69.8 Å². The Morgan fingerprint density at radius 3 is 2.73 bits per heavy atom. The van der Waals surface area contributed by atoms with E-state index in [4.69, 9.17) is 0 Å². The lowest BCUT2D eigenvalue weighted by atomic mass is 9.89. The quantitative estimate of drug-likeness (QED) is 0.883. The lowest BCUT2D eigenvalue weighted by Gasteiger charge is -2.31. The molecule has 0 saturated carbocycles. The maximum Gasteiger partial charge on any atom is 0.152 e. The summed E-state index contributed by atoms with van der Waals surface area (Å²) in [6.45, 7) is 2.15.